The molecule has 0 aliphatic rings. The van der Waals surface area contributed by atoms with Crippen molar-refractivity contribution in [3.05, 3.63) is 23.8 Å². The minimum Gasteiger partial charge on any atom is -0.229 e. The highest BCUT2D eigenvalue weighted by Gasteiger charge is 1.98. The minimum absolute atomic E-state index is 0.104. The lowest BCUT2D eigenvalue weighted by atomic mass is 10.4. The zero-order valence-corrected chi connectivity index (χ0v) is 7.67. The van der Waals surface area contributed by atoms with E-state index in [4.69, 9.17) is 16.9 Å². The van der Waals surface area contributed by atoms with Crippen molar-refractivity contribution < 1.29 is 0 Å². The van der Waals surface area contributed by atoms with Gasteiger partial charge in [-0.15, -0.1) is 11.8 Å². The molecule has 2 nitrogen and oxygen atoms in total. The highest BCUT2D eigenvalue weighted by molar-refractivity contribution is 8.02. The van der Waals surface area contributed by atoms with Crippen LogP contribution < -0.4 is 0 Å². The van der Waals surface area contributed by atoms with Crippen molar-refractivity contribution in [2.75, 3.05) is 6.26 Å². The van der Waals surface area contributed by atoms with Gasteiger partial charge < -0.3 is 0 Å². The number of rotatable bonds is 3. The van der Waals surface area contributed by atoms with Crippen LogP contribution in [0.4, 0.5) is 0 Å². The zero-order valence-electron chi connectivity index (χ0n) is 6.09. The summed E-state index contributed by atoms with van der Waals surface area (Å²) in [7, 11) is 0. The predicted octanol–water partition coefficient (Wildman–Crippen LogP) is 2.54. The second-order valence-electron chi connectivity index (χ2n) is 1.59. The van der Waals surface area contributed by atoms with E-state index in [0.717, 1.165) is 0 Å². The highest BCUT2D eigenvalue weighted by Crippen LogP contribution is 2.12. The Morgan fingerprint density at radius 3 is 2.55 bits per heavy atom. The van der Waals surface area contributed by atoms with Gasteiger partial charge >= 0.3 is 0 Å². The van der Waals surface area contributed by atoms with E-state index in [1.165, 1.54) is 11.8 Å². The maximum atomic E-state index is 8.34. The van der Waals surface area contributed by atoms with Gasteiger partial charge in [0.2, 0.25) is 0 Å². The van der Waals surface area contributed by atoms with E-state index in [1.54, 1.807) is 6.07 Å². The van der Waals surface area contributed by atoms with Crippen molar-refractivity contribution >= 4 is 28.5 Å². The first-order valence-electron chi connectivity index (χ1n) is 2.68. The fourth-order valence-corrected chi connectivity index (χ4v) is 0.646. The maximum absolute atomic E-state index is 8.34. The fourth-order valence-electron chi connectivity index (χ4n) is 0.269. The number of hydrogen-bond acceptors (Lipinski definition) is 3. The van der Waals surface area contributed by atoms with Crippen LogP contribution in [0.25, 0.3) is 0 Å². The summed E-state index contributed by atoms with van der Waals surface area (Å²) in [5, 5.41) is 9.00. The molecule has 0 N–H and O–H groups in total. The van der Waals surface area contributed by atoms with Crippen molar-refractivity contribution in [2.24, 2.45) is 4.99 Å². The summed E-state index contributed by atoms with van der Waals surface area (Å²) < 4.78 is 0. The fraction of sp³-hybridized carbons (Fsp3) is 0.143. The number of thioether (sulfide) groups is 1. The molecule has 0 aliphatic heterocycles. The van der Waals surface area contributed by atoms with E-state index in [-0.39, 0.29) is 10.7 Å². The number of nitrogens with zero attached hydrogens (tertiary/aromatic N) is 2. The molecular weight excluding hydrogens is 180 g/mol. The Bertz CT molecular complexity index is 250. The van der Waals surface area contributed by atoms with Crippen LogP contribution in [0.15, 0.2) is 28.8 Å². The zero-order chi connectivity index (χ0) is 8.85. The van der Waals surface area contributed by atoms with E-state index in [1.807, 2.05) is 6.26 Å². The Kier molecular flexibility index (Phi) is 4.67. The maximum Gasteiger partial charge on any atom is 0.147 e. The molecule has 0 aromatic heterocycles. The Morgan fingerprint density at radius 2 is 2.18 bits per heavy atom. The van der Waals surface area contributed by atoms with Crippen molar-refractivity contribution in [1.29, 1.82) is 5.26 Å². The molecule has 0 bridgehead atoms. The van der Waals surface area contributed by atoms with Gasteiger partial charge in [0.25, 0.3) is 0 Å². The molecule has 0 saturated carbocycles. The van der Waals surface area contributed by atoms with Gasteiger partial charge in [0, 0.05) is 0 Å². The number of hydrogen-bond donors (Lipinski definition) is 0. The van der Waals surface area contributed by atoms with E-state index < -0.39 is 0 Å². The Labute approximate surface area is 75.3 Å². The van der Waals surface area contributed by atoms with Gasteiger partial charge in [-0.25, -0.2) is 4.99 Å². The lowest BCUT2D eigenvalue weighted by Gasteiger charge is -1.93. The van der Waals surface area contributed by atoms with Gasteiger partial charge in [0.15, 0.2) is 0 Å². The van der Waals surface area contributed by atoms with Crippen LogP contribution in [0, 0.1) is 11.3 Å². The smallest absolute Gasteiger partial charge is 0.147 e. The quantitative estimate of drug-likeness (QED) is 0.502. The van der Waals surface area contributed by atoms with Gasteiger partial charge in [-0.2, -0.15) is 5.26 Å². The van der Waals surface area contributed by atoms with Crippen LogP contribution in [0.5, 0.6) is 0 Å². The molecule has 0 fully saturated rings. The molecule has 0 aromatic rings. The molecule has 0 spiro atoms. The first-order valence-corrected chi connectivity index (χ1v) is 4.28. The van der Waals surface area contributed by atoms with Gasteiger partial charge in [0.05, 0.1) is 10.6 Å². The summed E-state index contributed by atoms with van der Waals surface area (Å²) in [6.45, 7) is 6.96. The van der Waals surface area contributed by atoms with Crippen LogP contribution in [-0.2, 0) is 0 Å². The third-order valence-electron chi connectivity index (χ3n) is 0.842. The largest absolute Gasteiger partial charge is 0.229 e. The molecule has 0 heterocycles. The van der Waals surface area contributed by atoms with E-state index in [9.17, 15) is 0 Å². The second-order valence-corrected chi connectivity index (χ2v) is 2.83. The predicted molar refractivity (Wildman–Crippen MR) is 50.7 cm³/mol. The number of nitriles is 1. The third-order valence-corrected chi connectivity index (χ3v) is 1.72. The number of allylic oxidation sites excluding steroid dienone is 1. The number of halogens is 1. The van der Waals surface area contributed by atoms with Crippen molar-refractivity contribution in [3.8, 4) is 6.07 Å². The Morgan fingerprint density at radius 1 is 1.64 bits per heavy atom. The van der Waals surface area contributed by atoms with Crippen LogP contribution in [0.1, 0.15) is 0 Å². The normalized spacial score (nSPS) is 10.5. The van der Waals surface area contributed by atoms with Crippen LogP contribution in [-0.4, -0.2) is 11.4 Å². The summed E-state index contributed by atoms with van der Waals surface area (Å²) in [5.41, 5.74) is 0.155. The molecular formula is C7H7ClN2S. The summed E-state index contributed by atoms with van der Waals surface area (Å²) in [5.74, 6) is 0. The van der Waals surface area contributed by atoms with E-state index in [2.05, 4.69) is 18.2 Å². The monoisotopic (exact) mass is 186 g/mol. The molecule has 0 rings (SSSR count). The van der Waals surface area contributed by atoms with Crippen LogP contribution in [0.2, 0.25) is 0 Å². The van der Waals surface area contributed by atoms with Gasteiger partial charge in [0.1, 0.15) is 11.2 Å². The molecule has 0 atom stereocenters. The lowest BCUT2D eigenvalue weighted by molar-refractivity contribution is 1.50. The summed E-state index contributed by atoms with van der Waals surface area (Å²) >= 11 is 6.92. The Balaban J connectivity index is 4.37. The molecule has 0 saturated heterocycles. The van der Waals surface area contributed by atoms with Crippen molar-refractivity contribution in [2.45, 2.75) is 0 Å². The number of aliphatic imine (C=N–C) groups is 1. The van der Waals surface area contributed by atoms with Gasteiger partial charge in [-0.05, 0) is 6.26 Å². The summed E-state index contributed by atoms with van der Waals surface area (Å²) in [6.07, 6.45) is 1.82. The van der Waals surface area contributed by atoms with E-state index >= 15 is 0 Å². The second kappa shape index (κ2) is 5.00. The van der Waals surface area contributed by atoms with Gasteiger partial charge in [-0.3, -0.25) is 0 Å². The standard InChI is InChI=1S/C7H7ClN2S/c1-5(4-9)7(8)10-6(2)11-3/h1-2H2,3H3. The van der Waals surface area contributed by atoms with Crippen LogP contribution in [0.3, 0.4) is 0 Å². The molecule has 0 aromatic carbocycles. The molecule has 4 heteroatoms. The molecule has 0 unspecified atom stereocenters. The average Bonchev–Trinajstić information content (AvgIpc) is 2.02. The molecule has 58 valence electrons. The lowest BCUT2D eigenvalue weighted by Crippen LogP contribution is -1.88. The molecule has 11 heavy (non-hydrogen) atoms. The highest BCUT2D eigenvalue weighted by atomic mass is 35.5. The third kappa shape index (κ3) is 3.87. The Hall–Kier alpha value is -0.720. The average molecular weight is 187 g/mol. The summed E-state index contributed by atoms with van der Waals surface area (Å²) in [4.78, 5) is 3.79. The SMILES string of the molecule is C=C(N=C(Cl)C(=C)C#N)SC. The minimum atomic E-state index is 0.104. The molecule has 0 radical (unpaired) electrons. The van der Waals surface area contributed by atoms with E-state index in [0.29, 0.717) is 5.03 Å². The topological polar surface area (TPSA) is 36.1 Å². The van der Waals surface area contributed by atoms with Crippen molar-refractivity contribution in [1.82, 2.24) is 0 Å². The summed E-state index contributed by atoms with van der Waals surface area (Å²) in [6, 6.07) is 1.79. The molecule has 0 amide bonds. The molecule has 0 aliphatic carbocycles. The van der Waals surface area contributed by atoms with Crippen LogP contribution >= 0.6 is 23.4 Å². The first kappa shape index (κ1) is 10.3. The van der Waals surface area contributed by atoms with Crippen molar-refractivity contribution in [3.63, 3.8) is 0 Å². The van der Waals surface area contributed by atoms with Gasteiger partial charge in [-0.1, -0.05) is 24.8 Å². The first-order chi connectivity index (χ1) is 5.11.